The van der Waals surface area contributed by atoms with Crippen LogP contribution in [0.25, 0.3) is 0 Å². The molecule has 1 saturated heterocycles. The second-order valence-electron chi connectivity index (χ2n) is 6.78. The Labute approximate surface area is 147 Å². The van der Waals surface area contributed by atoms with E-state index in [1.165, 1.54) is 16.9 Å². The van der Waals surface area contributed by atoms with Crippen molar-refractivity contribution < 1.29 is 4.79 Å². The molecule has 1 aliphatic heterocycles. The molecule has 0 radical (unpaired) electrons. The van der Waals surface area contributed by atoms with Crippen molar-refractivity contribution in [2.24, 2.45) is 0 Å². The summed E-state index contributed by atoms with van der Waals surface area (Å²) in [4.78, 5) is 19.6. The van der Waals surface area contributed by atoms with Crippen LogP contribution in [0.15, 0.2) is 29.8 Å². The largest absolute Gasteiger partial charge is 0.381 e. The monoisotopic (exact) mass is 343 g/mol. The molecule has 0 spiro atoms. The lowest BCUT2D eigenvalue weighted by Crippen LogP contribution is -2.45. The third-order valence-electron chi connectivity index (χ3n) is 4.60. The minimum absolute atomic E-state index is 0.122. The summed E-state index contributed by atoms with van der Waals surface area (Å²) in [7, 11) is 0. The topological polar surface area (TPSA) is 45.2 Å². The number of carbonyl (C=O) groups is 1. The second-order valence-corrected chi connectivity index (χ2v) is 7.63. The number of thiazole rings is 1. The zero-order chi connectivity index (χ0) is 17.1. The smallest absolute Gasteiger partial charge is 0.265 e. The molecular formula is C19H25N3OS. The van der Waals surface area contributed by atoms with Crippen LogP contribution < -0.4 is 5.32 Å². The van der Waals surface area contributed by atoms with E-state index in [9.17, 15) is 4.79 Å². The van der Waals surface area contributed by atoms with E-state index >= 15 is 0 Å². The summed E-state index contributed by atoms with van der Waals surface area (Å²) in [6, 6.07) is 8.95. The molecule has 1 aromatic carbocycles. The maximum absolute atomic E-state index is 12.7. The Hall–Kier alpha value is -1.88. The van der Waals surface area contributed by atoms with Crippen LogP contribution >= 0.6 is 11.3 Å². The number of hydrogen-bond acceptors (Lipinski definition) is 4. The number of anilines is 1. The molecule has 1 atom stereocenters. The van der Waals surface area contributed by atoms with E-state index in [0.29, 0.717) is 12.0 Å². The van der Waals surface area contributed by atoms with Gasteiger partial charge in [-0.05, 0) is 43.4 Å². The third kappa shape index (κ3) is 3.78. The predicted molar refractivity (Wildman–Crippen MR) is 99.9 cm³/mol. The molecule has 0 bridgehead atoms. The fourth-order valence-corrected chi connectivity index (χ4v) is 3.90. The van der Waals surface area contributed by atoms with Crippen LogP contribution in [0.2, 0.25) is 0 Å². The maximum Gasteiger partial charge on any atom is 0.265 e. The lowest BCUT2D eigenvalue weighted by molar-refractivity contribution is 0.0719. The normalized spacial score (nSPS) is 18.0. The number of piperidine rings is 1. The number of benzene rings is 1. The van der Waals surface area contributed by atoms with Crippen molar-refractivity contribution in [3.63, 3.8) is 0 Å². The summed E-state index contributed by atoms with van der Waals surface area (Å²) in [6.07, 6.45) is 2.13. The molecule has 1 aliphatic rings. The Kier molecular flexibility index (Phi) is 5.19. The van der Waals surface area contributed by atoms with Crippen molar-refractivity contribution in [2.45, 2.75) is 45.6 Å². The van der Waals surface area contributed by atoms with E-state index in [-0.39, 0.29) is 5.91 Å². The number of hydrogen-bond donors (Lipinski definition) is 1. The van der Waals surface area contributed by atoms with Crippen LogP contribution in [-0.4, -0.2) is 34.9 Å². The van der Waals surface area contributed by atoms with Gasteiger partial charge in [-0.25, -0.2) is 4.98 Å². The Morgan fingerprint density at radius 1 is 1.33 bits per heavy atom. The third-order valence-corrected chi connectivity index (χ3v) is 5.51. The highest BCUT2D eigenvalue weighted by Gasteiger charge is 2.26. The van der Waals surface area contributed by atoms with Gasteiger partial charge in [-0.15, -0.1) is 11.3 Å². The standard InChI is InChI=1S/C19H25N3OS/c1-13(2)15-6-8-16(9-7-15)21-17-5-4-10-22(11-17)19(23)18-14(3)20-12-24-18/h6-9,12-13,17,21H,4-5,10-11H2,1-3H3/t17-/m1/s1. The molecule has 0 saturated carbocycles. The average Bonchev–Trinajstić information content (AvgIpc) is 3.01. The van der Waals surface area contributed by atoms with Crippen LogP contribution in [0, 0.1) is 6.92 Å². The van der Waals surface area contributed by atoms with Crippen LogP contribution in [0.4, 0.5) is 5.69 Å². The van der Waals surface area contributed by atoms with Gasteiger partial charge in [-0.2, -0.15) is 0 Å². The highest BCUT2D eigenvalue weighted by molar-refractivity contribution is 7.11. The van der Waals surface area contributed by atoms with Gasteiger partial charge in [0.05, 0.1) is 11.2 Å². The molecule has 1 fully saturated rings. The summed E-state index contributed by atoms with van der Waals surface area (Å²) in [6.45, 7) is 7.89. The number of amides is 1. The van der Waals surface area contributed by atoms with Crippen molar-refractivity contribution in [1.29, 1.82) is 0 Å². The van der Waals surface area contributed by atoms with Gasteiger partial charge in [-0.3, -0.25) is 4.79 Å². The van der Waals surface area contributed by atoms with Crippen molar-refractivity contribution in [3.8, 4) is 0 Å². The molecule has 2 aromatic rings. The molecule has 0 unspecified atom stereocenters. The Morgan fingerprint density at radius 2 is 2.08 bits per heavy atom. The Balaban J connectivity index is 1.63. The van der Waals surface area contributed by atoms with Gasteiger partial charge in [0.1, 0.15) is 4.88 Å². The Morgan fingerprint density at radius 3 is 2.71 bits per heavy atom. The summed E-state index contributed by atoms with van der Waals surface area (Å²) in [5.41, 5.74) is 5.07. The first-order chi connectivity index (χ1) is 11.5. The van der Waals surface area contributed by atoms with Crippen LogP contribution in [0.1, 0.15) is 53.5 Å². The van der Waals surface area contributed by atoms with E-state index in [2.05, 4.69) is 48.4 Å². The highest BCUT2D eigenvalue weighted by atomic mass is 32.1. The van der Waals surface area contributed by atoms with Gasteiger partial charge in [0.25, 0.3) is 5.91 Å². The average molecular weight is 343 g/mol. The first kappa shape index (κ1) is 17.0. The van der Waals surface area contributed by atoms with Crippen molar-refractivity contribution >= 4 is 22.9 Å². The number of likely N-dealkylation sites (tertiary alicyclic amines) is 1. The lowest BCUT2D eigenvalue weighted by atomic mass is 10.0. The molecule has 24 heavy (non-hydrogen) atoms. The molecular weight excluding hydrogens is 318 g/mol. The quantitative estimate of drug-likeness (QED) is 0.900. The molecule has 1 N–H and O–H groups in total. The van der Waals surface area contributed by atoms with Gasteiger partial charge in [-0.1, -0.05) is 26.0 Å². The SMILES string of the molecule is Cc1ncsc1C(=O)N1CCC[C@@H](Nc2ccc(C(C)C)cc2)C1. The van der Waals surface area contributed by atoms with Gasteiger partial charge in [0.15, 0.2) is 0 Å². The minimum atomic E-state index is 0.122. The summed E-state index contributed by atoms with van der Waals surface area (Å²) in [5.74, 6) is 0.668. The van der Waals surface area contributed by atoms with Crippen molar-refractivity contribution in [1.82, 2.24) is 9.88 Å². The maximum atomic E-state index is 12.7. The van der Waals surface area contributed by atoms with Gasteiger partial charge < -0.3 is 10.2 Å². The zero-order valence-corrected chi connectivity index (χ0v) is 15.4. The Bertz CT molecular complexity index is 693. The van der Waals surface area contributed by atoms with E-state index in [1.54, 1.807) is 5.51 Å². The van der Waals surface area contributed by atoms with E-state index in [1.807, 2.05) is 11.8 Å². The van der Waals surface area contributed by atoms with E-state index in [0.717, 1.165) is 42.2 Å². The molecule has 128 valence electrons. The van der Waals surface area contributed by atoms with Crippen LogP contribution in [0.5, 0.6) is 0 Å². The molecule has 1 aromatic heterocycles. The summed E-state index contributed by atoms with van der Waals surface area (Å²) >= 11 is 1.44. The van der Waals surface area contributed by atoms with Crippen molar-refractivity contribution in [3.05, 3.63) is 45.9 Å². The summed E-state index contributed by atoms with van der Waals surface area (Å²) < 4.78 is 0. The molecule has 5 heteroatoms. The van der Waals surface area contributed by atoms with Crippen molar-refractivity contribution in [2.75, 3.05) is 18.4 Å². The summed E-state index contributed by atoms with van der Waals surface area (Å²) in [5, 5.41) is 3.59. The number of aryl methyl sites for hydroxylation is 1. The molecule has 2 heterocycles. The fraction of sp³-hybridized carbons (Fsp3) is 0.474. The number of carbonyl (C=O) groups excluding carboxylic acids is 1. The van der Waals surface area contributed by atoms with Crippen LogP contribution in [0.3, 0.4) is 0 Å². The molecule has 3 rings (SSSR count). The fourth-order valence-electron chi connectivity index (χ4n) is 3.13. The highest BCUT2D eigenvalue weighted by Crippen LogP contribution is 2.22. The van der Waals surface area contributed by atoms with Gasteiger partial charge in [0.2, 0.25) is 0 Å². The first-order valence-electron chi connectivity index (χ1n) is 8.60. The number of rotatable bonds is 4. The van der Waals surface area contributed by atoms with Gasteiger partial charge >= 0.3 is 0 Å². The molecule has 1 amide bonds. The molecule has 4 nitrogen and oxygen atoms in total. The second kappa shape index (κ2) is 7.34. The van der Waals surface area contributed by atoms with Gasteiger partial charge in [0, 0.05) is 24.8 Å². The minimum Gasteiger partial charge on any atom is -0.381 e. The molecule has 0 aliphatic carbocycles. The predicted octanol–water partition coefficient (Wildman–Crippen LogP) is 4.29. The van der Waals surface area contributed by atoms with Crippen LogP contribution in [-0.2, 0) is 0 Å². The van der Waals surface area contributed by atoms with E-state index in [4.69, 9.17) is 0 Å². The van der Waals surface area contributed by atoms with E-state index < -0.39 is 0 Å². The zero-order valence-electron chi connectivity index (χ0n) is 14.6. The first-order valence-corrected chi connectivity index (χ1v) is 9.48. The number of nitrogens with one attached hydrogen (secondary N) is 1. The number of aromatic nitrogens is 1. The lowest BCUT2D eigenvalue weighted by Gasteiger charge is -2.33. The number of nitrogens with zero attached hydrogens (tertiary/aromatic N) is 2.